The molecule has 1 rings (SSSR count). The lowest BCUT2D eigenvalue weighted by atomic mass is 10.1. The normalized spacial score (nSPS) is 11.3. The summed E-state index contributed by atoms with van der Waals surface area (Å²) in [6, 6.07) is 4.98. The van der Waals surface area contributed by atoms with Gasteiger partial charge in [-0.05, 0) is 48.0 Å². The van der Waals surface area contributed by atoms with Gasteiger partial charge < -0.3 is 10.4 Å². The summed E-state index contributed by atoms with van der Waals surface area (Å²) in [6.07, 6.45) is 0. The van der Waals surface area contributed by atoms with Crippen molar-refractivity contribution < 1.29 is 9.90 Å². The van der Waals surface area contributed by atoms with Gasteiger partial charge in [0.25, 0.3) is 5.91 Å². The second-order valence-electron chi connectivity index (χ2n) is 4.12. The fourth-order valence-corrected chi connectivity index (χ4v) is 1.68. The first kappa shape index (κ1) is 13.5. The van der Waals surface area contributed by atoms with Gasteiger partial charge in [0.05, 0.1) is 17.7 Å². The molecule has 88 valence electrons. The van der Waals surface area contributed by atoms with Crippen molar-refractivity contribution in [3.05, 3.63) is 33.3 Å². The molecule has 1 amide bonds. The van der Waals surface area contributed by atoms with Gasteiger partial charge in [-0.3, -0.25) is 4.79 Å². The minimum absolute atomic E-state index is 0.128. The van der Waals surface area contributed by atoms with E-state index in [2.05, 4.69) is 21.2 Å². The molecule has 0 aliphatic heterocycles. The van der Waals surface area contributed by atoms with Gasteiger partial charge in [0.15, 0.2) is 0 Å². The van der Waals surface area contributed by atoms with Crippen LogP contribution in [0.5, 0.6) is 0 Å². The van der Waals surface area contributed by atoms with Gasteiger partial charge in [0.1, 0.15) is 0 Å². The maximum atomic E-state index is 11.9. The van der Waals surface area contributed by atoms with Crippen LogP contribution >= 0.6 is 27.5 Å². The summed E-state index contributed by atoms with van der Waals surface area (Å²) in [5.41, 5.74) is -0.201. The van der Waals surface area contributed by atoms with Crippen LogP contribution in [-0.4, -0.2) is 23.2 Å². The number of nitrogens with one attached hydrogen (secondary N) is 1. The van der Waals surface area contributed by atoms with E-state index in [9.17, 15) is 4.79 Å². The molecule has 0 aliphatic carbocycles. The van der Waals surface area contributed by atoms with E-state index < -0.39 is 5.54 Å². The van der Waals surface area contributed by atoms with E-state index in [0.717, 1.165) is 0 Å². The molecule has 0 unspecified atom stereocenters. The van der Waals surface area contributed by atoms with Crippen molar-refractivity contribution in [2.45, 2.75) is 19.4 Å². The molecule has 1 aromatic carbocycles. The molecule has 2 N–H and O–H groups in total. The number of halogens is 2. The zero-order chi connectivity index (χ0) is 12.3. The van der Waals surface area contributed by atoms with Crippen LogP contribution in [0.15, 0.2) is 22.7 Å². The number of hydrogen-bond acceptors (Lipinski definition) is 2. The monoisotopic (exact) mass is 305 g/mol. The number of amides is 1. The van der Waals surface area contributed by atoms with E-state index in [1.807, 2.05) is 0 Å². The van der Waals surface area contributed by atoms with E-state index in [4.69, 9.17) is 16.7 Å². The first-order valence-corrected chi connectivity index (χ1v) is 5.91. The summed E-state index contributed by atoms with van der Waals surface area (Å²) in [4.78, 5) is 11.9. The third-order valence-electron chi connectivity index (χ3n) is 2.02. The van der Waals surface area contributed by atoms with Crippen molar-refractivity contribution in [1.29, 1.82) is 0 Å². The molecule has 1 aromatic rings. The second kappa shape index (κ2) is 5.17. The lowest BCUT2D eigenvalue weighted by Gasteiger charge is -2.23. The number of carbonyl (C=O) groups excluding carboxylic acids is 1. The SMILES string of the molecule is CC(C)(CO)NC(=O)c1cc(Cl)ccc1Br. The molecule has 0 fully saturated rings. The summed E-state index contributed by atoms with van der Waals surface area (Å²) in [5.74, 6) is -0.270. The van der Waals surface area contributed by atoms with Crippen LogP contribution in [-0.2, 0) is 0 Å². The van der Waals surface area contributed by atoms with Crippen molar-refractivity contribution in [1.82, 2.24) is 5.32 Å². The second-order valence-corrected chi connectivity index (χ2v) is 5.41. The highest BCUT2D eigenvalue weighted by Gasteiger charge is 2.21. The van der Waals surface area contributed by atoms with Crippen LogP contribution in [0.25, 0.3) is 0 Å². The number of rotatable bonds is 3. The molecule has 0 bridgehead atoms. The highest BCUT2D eigenvalue weighted by molar-refractivity contribution is 9.10. The zero-order valence-electron chi connectivity index (χ0n) is 9.05. The average molecular weight is 307 g/mol. The highest BCUT2D eigenvalue weighted by atomic mass is 79.9. The van der Waals surface area contributed by atoms with E-state index >= 15 is 0 Å². The summed E-state index contributed by atoms with van der Waals surface area (Å²) < 4.78 is 0.670. The van der Waals surface area contributed by atoms with Crippen molar-refractivity contribution in [3.8, 4) is 0 Å². The molecule has 0 aliphatic rings. The predicted octanol–water partition coefficient (Wildman–Crippen LogP) is 2.60. The lowest BCUT2D eigenvalue weighted by molar-refractivity contribution is 0.0868. The molecule has 0 spiro atoms. The fourth-order valence-electron chi connectivity index (χ4n) is 1.09. The van der Waals surface area contributed by atoms with Crippen LogP contribution < -0.4 is 5.32 Å². The van der Waals surface area contributed by atoms with Gasteiger partial charge in [-0.2, -0.15) is 0 Å². The van der Waals surface area contributed by atoms with Gasteiger partial charge in [-0.15, -0.1) is 0 Å². The third-order valence-corrected chi connectivity index (χ3v) is 2.95. The fraction of sp³-hybridized carbons (Fsp3) is 0.364. The maximum Gasteiger partial charge on any atom is 0.252 e. The first-order valence-electron chi connectivity index (χ1n) is 4.74. The molecule has 0 saturated heterocycles. The molecule has 0 atom stereocenters. The van der Waals surface area contributed by atoms with E-state index in [0.29, 0.717) is 15.1 Å². The Bertz CT molecular complexity index is 407. The van der Waals surface area contributed by atoms with E-state index in [-0.39, 0.29) is 12.5 Å². The average Bonchev–Trinajstić information content (AvgIpc) is 2.21. The molecule has 0 aromatic heterocycles. The Labute approximate surface area is 108 Å². The zero-order valence-corrected chi connectivity index (χ0v) is 11.4. The quantitative estimate of drug-likeness (QED) is 0.902. The van der Waals surface area contributed by atoms with Gasteiger partial charge in [0, 0.05) is 9.50 Å². The molecular weight excluding hydrogens is 293 g/mol. The van der Waals surface area contributed by atoms with Gasteiger partial charge in [-0.1, -0.05) is 11.6 Å². The number of benzene rings is 1. The van der Waals surface area contributed by atoms with E-state index in [1.165, 1.54) is 0 Å². The Morgan fingerprint density at radius 2 is 2.19 bits per heavy atom. The Hall–Kier alpha value is -0.580. The summed E-state index contributed by atoms with van der Waals surface area (Å²) in [7, 11) is 0. The summed E-state index contributed by atoms with van der Waals surface area (Å²) >= 11 is 9.09. The maximum absolute atomic E-state index is 11.9. The molecule has 5 heteroatoms. The van der Waals surface area contributed by atoms with Crippen LogP contribution in [0.4, 0.5) is 0 Å². The first-order chi connectivity index (χ1) is 7.35. The van der Waals surface area contributed by atoms with Crippen molar-refractivity contribution in [2.24, 2.45) is 0 Å². The smallest absolute Gasteiger partial charge is 0.252 e. The predicted molar refractivity (Wildman–Crippen MR) is 67.8 cm³/mol. The highest BCUT2D eigenvalue weighted by Crippen LogP contribution is 2.21. The summed E-state index contributed by atoms with van der Waals surface area (Å²) in [5, 5.41) is 12.3. The van der Waals surface area contributed by atoms with Gasteiger partial charge in [-0.25, -0.2) is 0 Å². The van der Waals surface area contributed by atoms with Crippen LogP contribution in [0, 0.1) is 0 Å². The molecule has 0 heterocycles. The van der Waals surface area contributed by atoms with Crippen LogP contribution in [0.1, 0.15) is 24.2 Å². The van der Waals surface area contributed by atoms with Crippen molar-refractivity contribution in [3.63, 3.8) is 0 Å². The number of hydrogen-bond donors (Lipinski definition) is 2. The Balaban J connectivity index is 2.93. The molecule has 3 nitrogen and oxygen atoms in total. The molecule has 0 radical (unpaired) electrons. The topological polar surface area (TPSA) is 49.3 Å². The number of aliphatic hydroxyl groups is 1. The standard InChI is InChI=1S/C11H13BrClNO2/c1-11(2,6-15)14-10(16)8-5-7(13)3-4-9(8)12/h3-5,15H,6H2,1-2H3,(H,14,16). The lowest BCUT2D eigenvalue weighted by Crippen LogP contribution is -2.46. The van der Waals surface area contributed by atoms with Crippen molar-refractivity contribution in [2.75, 3.05) is 6.61 Å². The van der Waals surface area contributed by atoms with Crippen LogP contribution in [0.3, 0.4) is 0 Å². The number of aliphatic hydroxyl groups excluding tert-OH is 1. The number of carbonyl (C=O) groups is 1. The molecular formula is C11H13BrClNO2. The Kier molecular flexibility index (Phi) is 4.35. The molecule has 0 saturated carbocycles. The van der Waals surface area contributed by atoms with E-state index in [1.54, 1.807) is 32.0 Å². The van der Waals surface area contributed by atoms with Gasteiger partial charge >= 0.3 is 0 Å². The third kappa shape index (κ3) is 3.47. The largest absolute Gasteiger partial charge is 0.394 e. The minimum Gasteiger partial charge on any atom is -0.394 e. The van der Waals surface area contributed by atoms with Gasteiger partial charge in [0.2, 0.25) is 0 Å². The van der Waals surface area contributed by atoms with Crippen LogP contribution in [0.2, 0.25) is 5.02 Å². The Morgan fingerprint density at radius 3 is 2.75 bits per heavy atom. The minimum atomic E-state index is -0.654. The van der Waals surface area contributed by atoms with Crippen molar-refractivity contribution >= 4 is 33.4 Å². The summed E-state index contributed by atoms with van der Waals surface area (Å²) in [6.45, 7) is 3.35. The Morgan fingerprint density at radius 1 is 1.56 bits per heavy atom. The molecule has 16 heavy (non-hydrogen) atoms.